The third kappa shape index (κ3) is 4.25. The van der Waals surface area contributed by atoms with Gasteiger partial charge >= 0.3 is 0 Å². The predicted molar refractivity (Wildman–Crippen MR) is 184 cm³/mol. The molecule has 2 aromatic heterocycles. The SMILES string of the molecule is Cc1cc(-c2c3ccccc3c(-c3cccnc3)c3ccccc23)c(C)cc1-c1nc2ccccc2nc1-c1ccccc1. The first-order valence-electron chi connectivity index (χ1n) is 15.0. The maximum atomic E-state index is 5.20. The molecular formula is C41H29N3. The minimum Gasteiger partial charge on any atom is -0.264 e. The van der Waals surface area contributed by atoms with Crippen LogP contribution in [0.3, 0.4) is 0 Å². The number of aromatic nitrogens is 3. The quantitative estimate of drug-likeness (QED) is 0.200. The zero-order valence-electron chi connectivity index (χ0n) is 24.6. The largest absolute Gasteiger partial charge is 0.264 e. The molecule has 0 amide bonds. The Balaban J connectivity index is 1.40. The highest BCUT2D eigenvalue weighted by Crippen LogP contribution is 2.45. The third-order valence-electron chi connectivity index (χ3n) is 8.60. The molecule has 8 rings (SSSR count). The maximum Gasteiger partial charge on any atom is 0.0975 e. The molecule has 44 heavy (non-hydrogen) atoms. The summed E-state index contributed by atoms with van der Waals surface area (Å²) in [5, 5.41) is 4.91. The van der Waals surface area contributed by atoms with Crippen LogP contribution < -0.4 is 0 Å². The van der Waals surface area contributed by atoms with E-state index in [1.54, 1.807) is 0 Å². The number of benzene rings is 6. The highest BCUT2D eigenvalue weighted by atomic mass is 14.8. The van der Waals surface area contributed by atoms with Gasteiger partial charge in [-0.25, -0.2) is 9.97 Å². The first-order valence-corrected chi connectivity index (χ1v) is 15.0. The molecule has 0 aliphatic heterocycles. The van der Waals surface area contributed by atoms with Gasteiger partial charge in [-0.15, -0.1) is 0 Å². The van der Waals surface area contributed by atoms with Gasteiger partial charge < -0.3 is 0 Å². The van der Waals surface area contributed by atoms with Gasteiger partial charge in [0.05, 0.1) is 22.4 Å². The van der Waals surface area contributed by atoms with Gasteiger partial charge in [-0.2, -0.15) is 0 Å². The molecule has 0 fully saturated rings. The van der Waals surface area contributed by atoms with Crippen molar-refractivity contribution in [2.75, 3.05) is 0 Å². The van der Waals surface area contributed by atoms with Gasteiger partial charge in [0.2, 0.25) is 0 Å². The van der Waals surface area contributed by atoms with Crippen LogP contribution in [0.5, 0.6) is 0 Å². The Labute approximate surface area is 256 Å². The molecule has 3 nitrogen and oxygen atoms in total. The van der Waals surface area contributed by atoms with Gasteiger partial charge in [-0.3, -0.25) is 4.98 Å². The summed E-state index contributed by atoms with van der Waals surface area (Å²) < 4.78 is 0. The van der Waals surface area contributed by atoms with Gasteiger partial charge in [0.15, 0.2) is 0 Å². The van der Waals surface area contributed by atoms with Gasteiger partial charge in [-0.1, -0.05) is 103 Å². The van der Waals surface area contributed by atoms with Gasteiger partial charge in [0.1, 0.15) is 0 Å². The van der Waals surface area contributed by atoms with Crippen LogP contribution >= 0.6 is 0 Å². The molecule has 6 aromatic carbocycles. The van der Waals surface area contributed by atoms with Gasteiger partial charge in [0.25, 0.3) is 0 Å². The van der Waals surface area contributed by atoms with Crippen molar-refractivity contribution in [3.8, 4) is 44.8 Å². The fourth-order valence-electron chi connectivity index (χ4n) is 6.57. The lowest BCUT2D eigenvalue weighted by Crippen LogP contribution is -1.99. The van der Waals surface area contributed by atoms with E-state index in [9.17, 15) is 0 Å². The molecular weight excluding hydrogens is 534 g/mol. The lowest BCUT2D eigenvalue weighted by Gasteiger charge is -2.20. The van der Waals surface area contributed by atoms with E-state index < -0.39 is 0 Å². The summed E-state index contributed by atoms with van der Waals surface area (Å²) in [6.45, 7) is 4.41. The second-order valence-corrected chi connectivity index (χ2v) is 11.3. The second kappa shape index (κ2) is 10.6. The van der Waals surface area contributed by atoms with Crippen molar-refractivity contribution in [3.05, 3.63) is 151 Å². The summed E-state index contributed by atoms with van der Waals surface area (Å²) >= 11 is 0. The van der Waals surface area contributed by atoms with Crippen LogP contribution in [0.1, 0.15) is 11.1 Å². The van der Waals surface area contributed by atoms with Gasteiger partial charge in [0, 0.05) is 29.1 Å². The summed E-state index contributed by atoms with van der Waals surface area (Å²) in [5.41, 5.74) is 12.9. The fourth-order valence-corrected chi connectivity index (χ4v) is 6.57. The van der Waals surface area contributed by atoms with E-state index in [1.165, 1.54) is 43.8 Å². The van der Waals surface area contributed by atoms with Crippen LogP contribution in [0.15, 0.2) is 140 Å². The summed E-state index contributed by atoms with van der Waals surface area (Å²) in [7, 11) is 0. The van der Waals surface area contributed by atoms with Crippen LogP contribution in [0.25, 0.3) is 77.3 Å². The number of fused-ring (bicyclic) bond motifs is 3. The normalized spacial score (nSPS) is 11.4. The average Bonchev–Trinajstić information content (AvgIpc) is 3.08. The lowest BCUT2D eigenvalue weighted by molar-refractivity contribution is 1.27. The van der Waals surface area contributed by atoms with E-state index in [2.05, 4.69) is 110 Å². The van der Waals surface area contributed by atoms with Crippen molar-refractivity contribution in [3.63, 3.8) is 0 Å². The molecule has 0 saturated heterocycles. The van der Waals surface area contributed by atoms with Crippen LogP contribution in [0.2, 0.25) is 0 Å². The molecule has 0 radical (unpaired) electrons. The highest BCUT2D eigenvalue weighted by Gasteiger charge is 2.20. The number of aryl methyl sites for hydroxylation is 2. The molecule has 2 heterocycles. The molecule has 0 unspecified atom stereocenters. The van der Waals surface area contributed by atoms with E-state index in [0.717, 1.165) is 44.7 Å². The van der Waals surface area contributed by atoms with Gasteiger partial charge in [-0.05, 0) is 87.5 Å². The number of pyridine rings is 1. The zero-order chi connectivity index (χ0) is 29.6. The molecule has 3 heteroatoms. The molecule has 0 aliphatic rings. The van der Waals surface area contributed by atoms with Crippen LogP contribution in [-0.2, 0) is 0 Å². The molecule has 0 saturated carbocycles. The molecule has 0 N–H and O–H groups in total. The number of para-hydroxylation sites is 2. The van der Waals surface area contributed by atoms with Crippen LogP contribution in [0.4, 0.5) is 0 Å². The summed E-state index contributed by atoms with van der Waals surface area (Å²) in [4.78, 5) is 14.8. The average molecular weight is 564 g/mol. The number of rotatable bonds is 4. The van der Waals surface area contributed by atoms with E-state index >= 15 is 0 Å². The predicted octanol–water partition coefficient (Wildman–Crippen LogP) is 10.6. The number of hydrogen-bond acceptors (Lipinski definition) is 3. The van der Waals surface area contributed by atoms with Crippen molar-refractivity contribution in [1.29, 1.82) is 0 Å². The van der Waals surface area contributed by atoms with Crippen LogP contribution in [0, 0.1) is 13.8 Å². The molecule has 8 aromatic rings. The van der Waals surface area contributed by atoms with Crippen molar-refractivity contribution in [2.24, 2.45) is 0 Å². The first kappa shape index (κ1) is 26.0. The highest BCUT2D eigenvalue weighted by molar-refractivity contribution is 6.21. The Morgan fingerprint density at radius 1 is 0.432 bits per heavy atom. The first-order chi connectivity index (χ1) is 21.7. The van der Waals surface area contributed by atoms with Crippen molar-refractivity contribution in [1.82, 2.24) is 15.0 Å². The molecule has 0 aliphatic carbocycles. The summed E-state index contributed by atoms with van der Waals surface area (Å²) in [5.74, 6) is 0. The van der Waals surface area contributed by atoms with Crippen LogP contribution in [-0.4, -0.2) is 15.0 Å². The van der Waals surface area contributed by atoms with E-state index in [0.29, 0.717) is 0 Å². The Morgan fingerprint density at radius 2 is 0.932 bits per heavy atom. The number of nitrogens with zero attached hydrogens (tertiary/aromatic N) is 3. The Bertz CT molecular complexity index is 2280. The molecule has 0 bridgehead atoms. The van der Waals surface area contributed by atoms with E-state index in [1.807, 2.05) is 48.8 Å². The summed E-state index contributed by atoms with van der Waals surface area (Å²) in [6.07, 6.45) is 3.80. The topological polar surface area (TPSA) is 38.7 Å². The maximum absolute atomic E-state index is 5.20. The standard InChI is InChI=1S/C41H29N3/c1-26-24-35(41-40(28-13-4-3-5-14-28)43-36-20-10-11-21-37(36)44-41)27(2)23-34(26)39-32-18-8-6-16-30(32)38(29-15-12-22-42-25-29)31-17-7-9-19-33(31)39/h3-25H,1-2H3. The van der Waals surface area contributed by atoms with Crippen molar-refractivity contribution >= 4 is 32.6 Å². The minimum absolute atomic E-state index is 0.895. The lowest BCUT2D eigenvalue weighted by atomic mass is 9.84. The zero-order valence-corrected chi connectivity index (χ0v) is 24.6. The molecule has 208 valence electrons. The smallest absolute Gasteiger partial charge is 0.0975 e. The summed E-state index contributed by atoms with van der Waals surface area (Å²) in [6, 6.07) is 44.8. The second-order valence-electron chi connectivity index (χ2n) is 11.3. The third-order valence-corrected chi connectivity index (χ3v) is 8.60. The van der Waals surface area contributed by atoms with E-state index in [-0.39, 0.29) is 0 Å². The molecule has 0 spiro atoms. The van der Waals surface area contributed by atoms with Crippen molar-refractivity contribution in [2.45, 2.75) is 13.8 Å². The Morgan fingerprint density at radius 3 is 1.55 bits per heavy atom. The monoisotopic (exact) mass is 563 g/mol. The molecule has 0 atom stereocenters. The fraction of sp³-hybridized carbons (Fsp3) is 0.0488. The van der Waals surface area contributed by atoms with Crippen molar-refractivity contribution < 1.29 is 0 Å². The Hall–Kier alpha value is -5.67. The minimum atomic E-state index is 0.895. The van der Waals surface area contributed by atoms with E-state index in [4.69, 9.17) is 9.97 Å². The Kier molecular flexibility index (Phi) is 6.23. The number of hydrogen-bond donors (Lipinski definition) is 0.